The van der Waals surface area contributed by atoms with Crippen molar-refractivity contribution in [1.29, 1.82) is 0 Å². The van der Waals surface area contributed by atoms with Gasteiger partial charge in [0.25, 0.3) is 0 Å². The highest BCUT2D eigenvalue weighted by Gasteiger charge is 2.09. The first-order chi connectivity index (χ1) is 4.93. The number of thiol groups is 1. The van der Waals surface area contributed by atoms with E-state index in [4.69, 9.17) is 4.74 Å². The first-order valence-corrected chi connectivity index (χ1v) is 6.04. The average molecular weight is 162 g/mol. The van der Waals surface area contributed by atoms with Gasteiger partial charge < -0.3 is 4.74 Å². The number of methoxy groups -OCH3 is 1. The summed E-state index contributed by atoms with van der Waals surface area (Å²) in [6.45, 7) is 0.971. The highest BCUT2D eigenvalue weighted by atomic mass is 32.2. The van der Waals surface area contributed by atoms with Crippen LogP contribution < -0.4 is 0 Å². The molecule has 1 heterocycles. The van der Waals surface area contributed by atoms with E-state index in [1.165, 1.54) is 25.0 Å². The largest absolute Gasteiger partial charge is 0.385 e. The Balaban J connectivity index is 1.91. The van der Waals surface area contributed by atoms with Crippen LogP contribution in [0.1, 0.15) is 19.3 Å². The maximum atomic E-state index is 5.01. The molecule has 0 aromatic rings. The Kier molecular flexibility index (Phi) is 4.23. The molecule has 62 valence electrons. The van der Waals surface area contributed by atoms with E-state index in [1.807, 2.05) is 0 Å². The monoisotopic (exact) mass is 162 g/mol. The molecule has 0 amide bonds. The third kappa shape index (κ3) is 2.93. The fourth-order valence-corrected chi connectivity index (χ4v) is 4.03. The van der Waals surface area contributed by atoms with E-state index in [1.54, 1.807) is 18.6 Å². The van der Waals surface area contributed by atoms with Crippen molar-refractivity contribution in [1.82, 2.24) is 0 Å². The molecule has 1 saturated heterocycles. The van der Waals surface area contributed by atoms with Crippen LogP contribution in [-0.4, -0.2) is 31.0 Å². The maximum absolute atomic E-state index is 5.01. The lowest BCUT2D eigenvalue weighted by Crippen LogP contribution is -1.95. The van der Waals surface area contributed by atoms with Crippen LogP contribution in [0.2, 0.25) is 0 Å². The average Bonchev–Trinajstić information content (AvgIpc) is 2.41. The molecule has 0 radical (unpaired) electrons. The third-order valence-electron chi connectivity index (χ3n) is 2.02. The van der Waals surface area contributed by atoms with Gasteiger partial charge in [0.05, 0.1) is 0 Å². The van der Waals surface area contributed by atoms with Gasteiger partial charge in [0.1, 0.15) is 0 Å². The van der Waals surface area contributed by atoms with E-state index in [0.717, 1.165) is 6.61 Å². The van der Waals surface area contributed by atoms with Crippen molar-refractivity contribution in [2.24, 2.45) is 0 Å². The van der Waals surface area contributed by atoms with E-state index in [0.29, 0.717) is 10.9 Å². The topological polar surface area (TPSA) is 9.23 Å². The summed E-state index contributed by atoms with van der Waals surface area (Å²) in [4.78, 5) is 0. The van der Waals surface area contributed by atoms with Crippen LogP contribution in [0.3, 0.4) is 0 Å². The zero-order chi connectivity index (χ0) is 7.23. The fraction of sp³-hybridized carbons (Fsp3) is 1.00. The Labute approximate surface area is 66.5 Å². The first kappa shape index (κ1) is 8.41. The summed E-state index contributed by atoms with van der Waals surface area (Å²) in [5, 5.41) is 0. The molecule has 2 heteroatoms. The highest BCUT2D eigenvalue weighted by molar-refractivity contribution is 8.17. The van der Waals surface area contributed by atoms with Gasteiger partial charge in [0.15, 0.2) is 0 Å². The quantitative estimate of drug-likeness (QED) is 0.490. The summed E-state index contributed by atoms with van der Waals surface area (Å²) in [5.41, 5.74) is 0. The number of hydrogen-bond acceptors (Lipinski definition) is 1. The van der Waals surface area contributed by atoms with Gasteiger partial charge in [-0.1, -0.05) is 0 Å². The predicted molar refractivity (Wildman–Crippen MR) is 49.3 cm³/mol. The predicted octanol–water partition coefficient (Wildman–Crippen LogP) is 1.82. The molecule has 0 unspecified atom stereocenters. The molecule has 0 saturated carbocycles. The number of hydrogen-bond donors (Lipinski definition) is 1. The SMILES string of the molecule is COCCC[SH]1CCCC1. The summed E-state index contributed by atoms with van der Waals surface area (Å²) in [7, 11) is 2.26. The molecule has 0 aromatic carbocycles. The summed E-state index contributed by atoms with van der Waals surface area (Å²) < 4.78 is 5.01. The zero-order valence-corrected chi connectivity index (χ0v) is 7.70. The molecule has 10 heavy (non-hydrogen) atoms. The van der Waals surface area contributed by atoms with E-state index >= 15 is 0 Å². The molecule has 0 aliphatic carbocycles. The van der Waals surface area contributed by atoms with Crippen molar-refractivity contribution >= 4 is 10.9 Å². The standard InChI is InChI=1S/C8H18OS/c1-9-5-4-8-10-6-2-3-7-10/h10H,2-8H2,1H3. The van der Waals surface area contributed by atoms with Gasteiger partial charge in [-0.25, -0.2) is 0 Å². The Morgan fingerprint density at radius 3 is 2.60 bits per heavy atom. The Morgan fingerprint density at radius 1 is 1.30 bits per heavy atom. The van der Waals surface area contributed by atoms with Gasteiger partial charge in [-0.05, 0) is 36.5 Å². The van der Waals surface area contributed by atoms with Crippen LogP contribution in [0.25, 0.3) is 0 Å². The molecule has 0 aromatic heterocycles. The van der Waals surface area contributed by atoms with Gasteiger partial charge in [0, 0.05) is 13.7 Å². The Bertz CT molecular complexity index is 79.3. The second-order valence-corrected chi connectivity index (χ2v) is 5.58. The van der Waals surface area contributed by atoms with Crippen LogP contribution >= 0.6 is 10.9 Å². The van der Waals surface area contributed by atoms with Gasteiger partial charge >= 0.3 is 0 Å². The molecule has 1 nitrogen and oxygen atoms in total. The van der Waals surface area contributed by atoms with Crippen molar-refractivity contribution in [3.63, 3.8) is 0 Å². The first-order valence-electron chi connectivity index (χ1n) is 4.15. The van der Waals surface area contributed by atoms with Crippen LogP contribution in [0.15, 0.2) is 0 Å². The lowest BCUT2D eigenvalue weighted by atomic mass is 10.4. The molecule has 1 aliphatic heterocycles. The Morgan fingerprint density at radius 2 is 2.00 bits per heavy atom. The van der Waals surface area contributed by atoms with E-state index < -0.39 is 0 Å². The maximum Gasteiger partial charge on any atom is 0.0469 e. The van der Waals surface area contributed by atoms with Crippen molar-refractivity contribution in [3.8, 4) is 0 Å². The minimum atomic E-state index is 0.463. The van der Waals surface area contributed by atoms with E-state index in [9.17, 15) is 0 Å². The summed E-state index contributed by atoms with van der Waals surface area (Å²) in [6.07, 6.45) is 4.29. The van der Waals surface area contributed by atoms with Crippen LogP contribution in [0.5, 0.6) is 0 Å². The minimum absolute atomic E-state index is 0.463. The van der Waals surface area contributed by atoms with Crippen molar-refractivity contribution in [2.75, 3.05) is 31.0 Å². The minimum Gasteiger partial charge on any atom is -0.385 e. The summed E-state index contributed by atoms with van der Waals surface area (Å²) in [5.74, 6) is 4.54. The molecule has 0 atom stereocenters. The lowest BCUT2D eigenvalue weighted by Gasteiger charge is -2.12. The molecule has 0 N–H and O–H groups in total. The highest BCUT2D eigenvalue weighted by Crippen LogP contribution is 2.34. The smallest absolute Gasteiger partial charge is 0.0469 e. The second kappa shape index (κ2) is 5.03. The molecule has 1 rings (SSSR count). The normalized spacial score (nSPS) is 21.9. The molecule has 1 aliphatic rings. The lowest BCUT2D eigenvalue weighted by molar-refractivity contribution is 0.200. The molecule has 0 spiro atoms. The van der Waals surface area contributed by atoms with Gasteiger partial charge in [0.2, 0.25) is 0 Å². The number of ether oxygens (including phenoxy) is 1. The van der Waals surface area contributed by atoms with Crippen molar-refractivity contribution in [3.05, 3.63) is 0 Å². The third-order valence-corrected chi connectivity index (χ3v) is 4.87. The van der Waals surface area contributed by atoms with Crippen molar-refractivity contribution in [2.45, 2.75) is 19.3 Å². The van der Waals surface area contributed by atoms with E-state index in [2.05, 4.69) is 0 Å². The van der Waals surface area contributed by atoms with Gasteiger partial charge in [-0.2, -0.15) is 0 Å². The van der Waals surface area contributed by atoms with Crippen molar-refractivity contribution < 1.29 is 4.74 Å². The van der Waals surface area contributed by atoms with Crippen LogP contribution in [0, 0.1) is 0 Å². The fourth-order valence-electron chi connectivity index (χ4n) is 1.44. The zero-order valence-electron chi connectivity index (χ0n) is 6.81. The van der Waals surface area contributed by atoms with Crippen LogP contribution in [-0.2, 0) is 4.74 Å². The number of rotatable bonds is 4. The summed E-state index contributed by atoms with van der Waals surface area (Å²) >= 11 is 0. The second-order valence-electron chi connectivity index (χ2n) is 2.90. The van der Waals surface area contributed by atoms with Gasteiger partial charge in [-0.3, -0.25) is 10.9 Å². The molecular weight excluding hydrogens is 144 g/mol. The summed E-state index contributed by atoms with van der Waals surface area (Å²) in [6, 6.07) is 0. The molecule has 0 bridgehead atoms. The van der Waals surface area contributed by atoms with Gasteiger partial charge in [-0.15, -0.1) is 0 Å². The Hall–Kier alpha value is 0.310. The molecule has 1 fully saturated rings. The molecular formula is C8H18OS. The van der Waals surface area contributed by atoms with E-state index in [-0.39, 0.29) is 0 Å². The van der Waals surface area contributed by atoms with Crippen LogP contribution in [0.4, 0.5) is 0 Å².